The van der Waals surface area contributed by atoms with E-state index in [0.29, 0.717) is 0 Å². The van der Waals surface area contributed by atoms with Crippen molar-refractivity contribution in [1.29, 1.82) is 0 Å². The smallest absolute Gasteiger partial charge is 0.0628 e. The maximum absolute atomic E-state index is 2.54. The SMILES string of the molecule is CC1(C)c2ccccc2-c2ccc3c(c21)c1c2c4ccccc4n(-c4ccccc4)c2cc2c4ccccc4n3c21. The number of nitrogens with zero attached hydrogens (tertiary/aromatic N) is 2. The van der Waals surface area contributed by atoms with Gasteiger partial charge in [-0.3, -0.25) is 0 Å². The van der Waals surface area contributed by atoms with Crippen molar-refractivity contribution in [3.8, 4) is 16.8 Å². The average molecular weight is 523 g/mol. The molecule has 0 unspecified atom stereocenters. The second kappa shape index (κ2) is 7.16. The minimum atomic E-state index is -0.108. The number of hydrogen-bond acceptors (Lipinski definition) is 0. The first-order valence-electron chi connectivity index (χ1n) is 14.5. The molecular weight excluding hydrogens is 496 g/mol. The summed E-state index contributed by atoms with van der Waals surface area (Å²) in [6.45, 7) is 4.82. The third-order valence-electron chi connectivity index (χ3n) is 9.80. The molecule has 0 aliphatic heterocycles. The van der Waals surface area contributed by atoms with Gasteiger partial charge in [0.15, 0.2) is 0 Å². The summed E-state index contributed by atoms with van der Waals surface area (Å²) in [4.78, 5) is 0. The average Bonchev–Trinajstić information content (AvgIpc) is 3.70. The quantitative estimate of drug-likeness (QED) is 0.203. The summed E-state index contributed by atoms with van der Waals surface area (Å²) in [6.07, 6.45) is 0. The molecule has 0 N–H and O–H groups in total. The highest BCUT2D eigenvalue weighted by molar-refractivity contribution is 6.36. The molecule has 1 aliphatic rings. The highest BCUT2D eigenvalue weighted by Crippen LogP contribution is 2.55. The summed E-state index contributed by atoms with van der Waals surface area (Å²) in [7, 11) is 0. The Kier molecular flexibility index (Phi) is 3.79. The molecule has 2 nitrogen and oxygen atoms in total. The van der Waals surface area contributed by atoms with E-state index >= 15 is 0 Å². The minimum Gasteiger partial charge on any atom is -0.309 e. The lowest BCUT2D eigenvalue weighted by atomic mass is 9.80. The molecule has 0 saturated carbocycles. The highest BCUT2D eigenvalue weighted by Gasteiger charge is 2.38. The van der Waals surface area contributed by atoms with Crippen LogP contribution in [0, 0.1) is 0 Å². The molecule has 41 heavy (non-hydrogen) atoms. The van der Waals surface area contributed by atoms with Gasteiger partial charge in [0.1, 0.15) is 0 Å². The third kappa shape index (κ3) is 2.43. The monoisotopic (exact) mass is 522 g/mol. The van der Waals surface area contributed by atoms with Crippen LogP contribution in [0.4, 0.5) is 0 Å². The van der Waals surface area contributed by atoms with Crippen LogP contribution in [0.2, 0.25) is 0 Å². The van der Waals surface area contributed by atoms with Gasteiger partial charge in [0.25, 0.3) is 0 Å². The van der Waals surface area contributed by atoms with E-state index in [1.807, 2.05) is 0 Å². The summed E-state index contributed by atoms with van der Waals surface area (Å²) < 4.78 is 5.01. The topological polar surface area (TPSA) is 9.34 Å². The Bertz CT molecular complexity index is 2540. The zero-order valence-electron chi connectivity index (χ0n) is 22.9. The fraction of sp³-hybridized carbons (Fsp3) is 0.0769. The molecule has 0 atom stereocenters. The van der Waals surface area contributed by atoms with Crippen LogP contribution in [0.1, 0.15) is 25.0 Å². The molecule has 192 valence electrons. The van der Waals surface area contributed by atoms with Crippen LogP contribution >= 0.6 is 0 Å². The second-order valence-electron chi connectivity index (χ2n) is 12.1. The van der Waals surface area contributed by atoms with Gasteiger partial charge in [-0.05, 0) is 58.7 Å². The van der Waals surface area contributed by atoms with E-state index in [-0.39, 0.29) is 5.41 Å². The molecule has 1 aliphatic carbocycles. The minimum absolute atomic E-state index is 0.108. The molecule has 3 heterocycles. The molecule has 0 bridgehead atoms. The van der Waals surface area contributed by atoms with Gasteiger partial charge in [0, 0.05) is 43.4 Å². The summed E-state index contributed by atoms with van der Waals surface area (Å²) >= 11 is 0. The lowest BCUT2D eigenvalue weighted by molar-refractivity contribution is 0.666. The van der Waals surface area contributed by atoms with Crippen molar-refractivity contribution in [2.45, 2.75) is 19.3 Å². The number of benzene rings is 6. The van der Waals surface area contributed by atoms with Crippen molar-refractivity contribution in [1.82, 2.24) is 8.97 Å². The van der Waals surface area contributed by atoms with Gasteiger partial charge in [-0.25, -0.2) is 0 Å². The van der Waals surface area contributed by atoms with E-state index in [2.05, 4.69) is 144 Å². The predicted octanol–water partition coefficient (Wildman–Crippen LogP) is 10.2. The molecule has 0 spiro atoms. The van der Waals surface area contributed by atoms with Gasteiger partial charge in [0.2, 0.25) is 0 Å². The van der Waals surface area contributed by atoms with Crippen molar-refractivity contribution in [2.75, 3.05) is 0 Å². The van der Waals surface area contributed by atoms with Gasteiger partial charge in [-0.15, -0.1) is 0 Å². The lowest BCUT2D eigenvalue weighted by Gasteiger charge is -2.22. The predicted molar refractivity (Wildman–Crippen MR) is 173 cm³/mol. The van der Waals surface area contributed by atoms with Crippen molar-refractivity contribution in [2.24, 2.45) is 0 Å². The third-order valence-corrected chi connectivity index (χ3v) is 9.80. The molecule has 0 saturated heterocycles. The fourth-order valence-corrected chi connectivity index (χ4v) is 8.22. The van der Waals surface area contributed by atoms with Crippen molar-refractivity contribution in [3.05, 3.63) is 132 Å². The molecule has 9 aromatic rings. The Morgan fingerprint density at radius 1 is 0.488 bits per heavy atom. The molecule has 2 heteroatoms. The Morgan fingerprint density at radius 3 is 2.05 bits per heavy atom. The highest BCUT2D eigenvalue weighted by atomic mass is 15.0. The first-order valence-corrected chi connectivity index (χ1v) is 14.5. The summed E-state index contributed by atoms with van der Waals surface area (Å²) in [5, 5.41) is 8.06. The van der Waals surface area contributed by atoms with Crippen LogP contribution in [-0.2, 0) is 5.41 Å². The summed E-state index contributed by atoms with van der Waals surface area (Å²) in [6, 6.07) is 44.9. The lowest BCUT2D eigenvalue weighted by Crippen LogP contribution is -2.15. The zero-order chi connectivity index (χ0) is 27.0. The van der Waals surface area contributed by atoms with Crippen molar-refractivity contribution < 1.29 is 0 Å². The molecule has 3 aromatic heterocycles. The molecule has 0 amide bonds. The largest absolute Gasteiger partial charge is 0.309 e. The van der Waals surface area contributed by atoms with Gasteiger partial charge >= 0.3 is 0 Å². The number of hydrogen-bond donors (Lipinski definition) is 0. The summed E-state index contributed by atoms with van der Waals surface area (Å²) in [5.41, 5.74) is 13.1. The first kappa shape index (κ1) is 21.7. The van der Waals surface area contributed by atoms with E-state index in [9.17, 15) is 0 Å². The molecule has 0 radical (unpaired) electrons. The van der Waals surface area contributed by atoms with Gasteiger partial charge < -0.3 is 8.97 Å². The van der Waals surface area contributed by atoms with Crippen molar-refractivity contribution in [3.63, 3.8) is 0 Å². The van der Waals surface area contributed by atoms with Gasteiger partial charge in [-0.1, -0.05) is 98.8 Å². The fourth-order valence-electron chi connectivity index (χ4n) is 8.22. The van der Waals surface area contributed by atoms with Crippen LogP contribution in [0.25, 0.3) is 76.7 Å². The standard InChI is InChI=1S/C39H26N2/c1-39(2)29-17-9-6-14-24(29)26-20-21-32-35(37(26)39)36-34-27-16-8-11-19-31(27)40(23-12-4-3-5-13-23)33(34)22-28-25-15-7-10-18-30(25)41(32)38(28)36/h3-22H,1-2H3. The number of rotatable bonds is 1. The summed E-state index contributed by atoms with van der Waals surface area (Å²) in [5.74, 6) is 0. The van der Waals surface area contributed by atoms with Crippen LogP contribution in [0.15, 0.2) is 121 Å². The Labute approximate surface area is 237 Å². The second-order valence-corrected chi connectivity index (χ2v) is 12.1. The maximum atomic E-state index is 2.54. The zero-order valence-corrected chi connectivity index (χ0v) is 22.9. The van der Waals surface area contributed by atoms with E-state index in [4.69, 9.17) is 0 Å². The molecule has 10 rings (SSSR count). The normalized spacial score (nSPS) is 14.3. The Morgan fingerprint density at radius 2 is 1.20 bits per heavy atom. The Balaban J connectivity index is 1.56. The van der Waals surface area contributed by atoms with Crippen LogP contribution in [0.5, 0.6) is 0 Å². The molecule has 6 aromatic carbocycles. The van der Waals surface area contributed by atoms with Gasteiger partial charge in [0.05, 0.1) is 27.6 Å². The maximum Gasteiger partial charge on any atom is 0.0628 e. The number of para-hydroxylation sites is 3. The molecule has 0 fully saturated rings. The van der Waals surface area contributed by atoms with Crippen LogP contribution < -0.4 is 0 Å². The molecular formula is C39H26N2. The van der Waals surface area contributed by atoms with E-state index in [1.165, 1.54) is 87.8 Å². The van der Waals surface area contributed by atoms with Crippen LogP contribution in [-0.4, -0.2) is 8.97 Å². The van der Waals surface area contributed by atoms with E-state index < -0.39 is 0 Å². The van der Waals surface area contributed by atoms with E-state index in [1.54, 1.807) is 0 Å². The number of aromatic nitrogens is 2. The van der Waals surface area contributed by atoms with E-state index in [0.717, 1.165) is 0 Å². The van der Waals surface area contributed by atoms with Crippen LogP contribution in [0.3, 0.4) is 0 Å². The number of fused-ring (bicyclic) bond motifs is 14. The van der Waals surface area contributed by atoms with Crippen molar-refractivity contribution >= 4 is 59.9 Å². The van der Waals surface area contributed by atoms with Gasteiger partial charge in [-0.2, -0.15) is 0 Å². The Hall–Kier alpha value is -5.08. The first-order chi connectivity index (χ1) is 20.1.